The molecule has 2 aromatic rings. The minimum Gasteiger partial charge on any atom is -0.368 e. The number of carbonyl (C=O) groups is 2. The maximum absolute atomic E-state index is 13.7. The van der Waals surface area contributed by atoms with E-state index in [1.807, 2.05) is 0 Å². The fourth-order valence-corrected chi connectivity index (χ4v) is 3.69. The first-order chi connectivity index (χ1) is 16.1. The van der Waals surface area contributed by atoms with Gasteiger partial charge in [0.05, 0.1) is 32.1 Å². The van der Waals surface area contributed by atoms with Crippen molar-refractivity contribution in [2.45, 2.75) is 37.7 Å². The first-order valence-electron chi connectivity index (χ1n) is 9.77. The van der Waals surface area contributed by atoms with Gasteiger partial charge in [-0.2, -0.15) is 26.3 Å². The van der Waals surface area contributed by atoms with Crippen molar-refractivity contribution in [2.75, 3.05) is 0 Å². The summed E-state index contributed by atoms with van der Waals surface area (Å²) in [5, 5.41) is 1.50. The van der Waals surface area contributed by atoms with Crippen molar-refractivity contribution in [3.63, 3.8) is 0 Å². The second-order valence-electron chi connectivity index (χ2n) is 7.32. The van der Waals surface area contributed by atoms with Gasteiger partial charge in [-0.25, -0.2) is 0 Å². The zero-order valence-electron chi connectivity index (χ0n) is 17.7. The Morgan fingerprint density at radius 1 is 1.03 bits per heavy atom. The molecule has 3 N–H and O–H groups in total. The molecule has 0 saturated carbocycles. The molecule has 0 aromatic heterocycles. The van der Waals surface area contributed by atoms with Crippen LogP contribution in [0.25, 0.3) is 6.08 Å². The topological polar surface area (TPSA) is 72.2 Å². The average Bonchev–Trinajstić information content (AvgIpc) is 2.73. The number of rotatable bonds is 7. The highest BCUT2D eigenvalue weighted by molar-refractivity contribution is 6.48. The Labute approximate surface area is 211 Å². The summed E-state index contributed by atoms with van der Waals surface area (Å²) < 4.78 is 82.0. The predicted octanol–water partition coefficient (Wildman–Crippen LogP) is 7.02. The van der Waals surface area contributed by atoms with Crippen molar-refractivity contribution in [3.8, 4) is 0 Å². The molecule has 2 unspecified atom stereocenters. The summed E-state index contributed by atoms with van der Waals surface area (Å²) in [6.45, 7) is 1.49. The SMILES string of the molecule is CCC(NC(=O)c1ccc(/C=C/C(c2cc(Cl)c(Cl)c(Cl)c2)C(F)(F)F)cc1C(F)(F)F)C(N)=O. The van der Waals surface area contributed by atoms with Gasteiger partial charge in [-0.15, -0.1) is 0 Å². The molecule has 0 bridgehead atoms. The van der Waals surface area contributed by atoms with Crippen LogP contribution < -0.4 is 11.1 Å². The number of alkyl halides is 6. The number of benzene rings is 2. The molecule has 2 atom stereocenters. The van der Waals surface area contributed by atoms with Gasteiger partial charge in [0, 0.05) is 0 Å². The van der Waals surface area contributed by atoms with Crippen LogP contribution in [0.4, 0.5) is 26.3 Å². The van der Waals surface area contributed by atoms with E-state index in [-0.39, 0.29) is 32.6 Å². The summed E-state index contributed by atoms with van der Waals surface area (Å²) in [5.41, 5.74) is 2.23. The summed E-state index contributed by atoms with van der Waals surface area (Å²) >= 11 is 17.4. The fraction of sp³-hybridized carbons (Fsp3) is 0.273. The van der Waals surface area contributed by atoms with Crippen LogP contribution in [0.3, 0.4) is 0 Å². The van der Waals surface area contributed by atoms with Crippen molar-refractivity contribution in [1.82, 2.24) is 5.32 Å². The number of carbonyl (C=O) groups excluding carboxylic acids is 2. The van der Waals surface area contributed by atoms with E-state index in [0.29, 0.717) is 12.1 Å². The van der Waals surface area contributed by atoms with Gasteiger partial charge in [0.25, 0.3) is 5.91 Å². The van der Waals surface area contributed by atoms with E-state index in [2.05, 4.69) is 5.32 Å². The van der Waals surface area contributed by atoms with E-state index in [1.165, 1.54) is 6.92 Å². The molecule has 35 heavy (non-hydrogen) atoms. The molecule has 190 valence electrons. The van der Waals surface area contributed by atoms with Crippen LogP contribution in [0.15, 0.2) is 36.4 Å². The Morgan fingerprint density at radius 3 is 2.06 bits per heavy atom. The molecule has 13 heteroatoms. The molecule has 2 aromatic carbocycles. The Morgan fingerprint density at radius 2 is 1.60 bits per heavy atom. The molecule has 2 rings (SSSR count). The lowest BCUT2D eigenvalue weighted by molar-refractivity contribution is -0.139. The van der Waals surface area contributed by atoms with Gasteiger partial charge in [-0.05, 0) is 41.8 Å². The summed E-state index contributed by atoms with van der Waals surface area (Å²) in [6, 6.07) is 3.05. The van der Waals surface area contributed by atoms with E-state index in [0.717, 1.165) is 30.3 Å². The molecule has 0 aliphatic heterocycles. The third-order valence-electron chi connectivity index (χ3n) is 4.85. The molecule has 0 aliphatic rings. The average molecular weight is 562 g/mol. The number of hydrogen-bond donors (Lipinski definition) is 2. The van der Waals surface area contributed by atoms with Crippen LogP contribution in [0.2, 0.25) is 15.1 Å². The van der Waals surface area contributed by atoms with Crippen molar-refractivity contribution < 1.29 is 35.9 Å². The molecule has 0 aliphatic carbocycles. The van der Waals surface area contributed by atoms with E-state index in [4.69, 9.17) is 40.5 Å². The van der Waals surface area contributed by atoms with Crippen molar-refractivity contribution >= 4 is 52.7 Å². The van der Waals surface area contributed by atoms with E-state index < -0.39 is 47.3 Å². The van der Waals surface area contributed by atoms with E-state index in [1.54, 1.807) is 0 Å². The van der Waals surface area contributed by atoms with Gasteiger partial charge >= 0.3 is 12.4 Å². The molecule has 0 saturated heterocycles. The van der Waals surface area contributed by atoms with Crippen molar-refractivity contribution in [3.05, 3.63) is 73.7 Å². The molecule has 0 spiro atoms. The molecule has 4 nitrogen and oxygen atoms in total. The Hall–Kier alpha value is -2.43. The van der Waals surface area contributed by atoms with E-state index >= 15 is 0 Å². The number of nitrogens with two attached hydrogens (primary N) is 1. The Bertz CT molecular complexity index is 1130. The number of halogens is 9. The molecule has 0 heterocycles. The molecular formula is C22H17Cl3F6N2O2. The van der Waals surface area contributed by atoms with Gasteiger partial charge in [-0.1, -0.05) is 59.9 Å². The van der Waals surface area contributed by atoms with Crippen molar-refractivity contribution in [2.24, 2.45) is 5.73 Å². The molecule has 2 amide bonds. The summed E-state index contributed by atoms with van der Waals surface area (Å²) in [4.78, 5) is 23.7. The summed E-state index contributed by atoms with van der Waals surface area (Å²) in [5.74, 6) is -4.42. The zero-order chi connectivity index (χ0) is 26.7. The largest absolute Gasteiger partial charge is 0.417 e. The van der Waals surface area contributed by atoms with Crippen LogP contribution >= 0.6 is 34.8 Å². The second-order valence-corrected chi connectivity index (χ2v) is 8.51. The molecule has 0 fully saturated rings. The lowest BCUT2D eigenvalue weighted by Crippen LogP contribution is -2.44. The fourth-order valence-electron chi connectivity index (χ4n) is 3.08. The van der Waals surface area contributed by atoms with Gasteiger partial charge in [0.1, 0.15) is 6.04 Å². The Kier molecular flexibility index (Phi) is 9.13. The zero-order valence-corrected chi connectivity index (χ0v) is 20.0. The van der Waals surface area contributed by atoms with Gasteiger partial charge < -0.3 is 11.1 Å². The lowest BCUT2D eigenvalue weighted by Gasteiger charge is -2.19. The van der Waals surface area contributed by atoms with Crippen LogP contribution in [-0.2, 0) is 11.0 Å². The van der Waals surface area contributed by atoms with Crippen LogP contribution in [-0.4, -0.2) is 24.0 Å². The minimum atomic E-state index is -5.02. The summed E-state index contributed by atoms with van der Waals surface area (Å²) in [7, 11) is 0. The minimum absolute atomic E-state index is 0.0425. The molecule has 0 radical (unpaired) electrons. The van der Waals surface area contributed by atoms with Crippen LogP contribution in [0.5, 0.6) is 0 Å². The normalized spacial score (nSPS) is 14.1. The number of nitrogens with one attached hydrogen (secondary N) is 1. The van der Waals surface area contributed by atoms with Crippen LogP contribution in [0, 0.1) is 0 Å². The van der Waals surface area contributed by atoms with Crippen molar-refractivity contribution in [1.29, 1.82) is 0 Å². The predicted molar refractivity (Wildman–Crippen MR) is 121 cm³/mol. The standard InChI is InChI=1S/C22H17Cl3F6N2O2/c1-2-17(19(32)34)33-20(35)12-5-3-10(7-14(12)22(29,30)31)4-6-13(21(26,27)28)11-8-15(23)18(25)16(24)9-11/h3-9,13,17H,2H2,1H3,(H2,32,34)(H,33,35)/b6-4+. The third-order valence-corrected chi connectivity index (χ3v) is 6.05. The number of primary amides is 1. The quantitative estimate of drug-likeness (QED) is 0.282. The lowest BCUT2D eigenvalue weighted by atomic mass is 9.96. The smallest absolute Gasteiger partial charge is 0.368 e. The monoisotopic (exact) mass is 560 g/mol. The number of hydrogen-bond acceptors (Lipinski definition) is 2. The van der Waals surface area contributed by atoms with Crippen LogP contribution in [0.1, 0.15) is 46.3 Å². The summed E-state index contributed by atoms with van der Waals surface area (Å²) in [6.07, 6.45) is -8.37. The van der Waals surface area contributed by atoms with Gasteiger partial charge in [0.2, 0.25) is 5.91 Å². The van der Waals surface area contributed by atoms with Gasteiger partial charge in [0.15, 0.2) is 0 Å². The van der Waals surface area contributed by atoms with E-state index in [9.17, 15) is 35.9 Å². The maximum atomic E-state index is 13.7. The number of allylic oxidation sites excluding steroid dienone is 1. The highest BCUT2D eigenvalue weighted by atomic mass is 35.5. The second kappa shape index (κ2) is 11.1. The molecular weight excluding hydrogens is 545 g/mol. The first-order valence-corrected chi connectivity index (χ1v) is 10.9. The number of amides is 2. The Balaban J connectivity index is 2.49. The highest BCUT2D eigenvalue weighted by Gasteiger charge is 2.40. The highest BCUT2D eigenvalue weighted by Crippen LogP contribution is 2.41. The first kappa shape index (κ1) is 28.8. The maximum Gasteiger partial charge on any atom is 0.417 e. The third kappa shape index (κ3) is 7.28. The van der Waals surface area contributed by atoms with Gasteiger partial charge in [-0.3, -0.25) is 9.59 Å².